The third-order valence-corrected chi connectivity index (χ3v) is 6.57. The number of aromatic nitrogens is 2. The number of nitrogens with one attached hydrogen (secondary N) is 1. The molecular formula is C21H18N4O2S2. The predicted molar refractivity (Wildman–Crippen MR) is 115 cm³/mol. The number of aromatic amines is 1. The molecule has 146 valence electrons. The van der Waals surface area contributed by atoms with Gasteiger partial charge in [-0.15, -0.1) is 11.3 Å². The van der Waals surface area contributed by atoms with Crippen LogP contribution in [0.3, 0.4) is 0 Å². The highest BCUT2D eigenvalue weighted by Crippen LogP contribution is 2.34. The van der Waals surface area contributed by atoms with Crippen molar-refractivity contribution in [2.75, 3.05) is 5.75 Å². The van der Waals surface area contributed by atoms with E-state index in [1.54, 1.807) is 22.6 Å². The van der Waals surface area contributed by atoms with E-state index in [-0.39, 0.29) is 17.7 Å². The third-order valence-electron chi connectivity index (χ3n) is 4.79. The summed E-state index contributed by atoms with van der Waals surface area (Å²) in [5, 5.41) is 8.95. The van der Waals surface area contributed by atoms with Crippen molar-refractivity contribution >= 4 is 45.8 Å². The average molecular weight is 423 g/mol. The van der Waals surface area contributed by atoms with E-state index in [0.29, 0.717) is 6.42 Å². The van der Waals surface area contributed by atoms with E-state index in [2.05, 4.69) is 21.1 Å². The third kappa shape index (κ3) is 3.61. The molecule has 29 heavy (non-hydrogen) atoms. The molecule has 1 aliphatic heterocycles. The molecule has 1 amide bonds. The van der Waals surface area contributed by atoms with Crippen LogP contribution in [0.4, 0.5) is 0 Å². The Labute approximate surface area is 175 Å². The monoisotopic (exact) mass is 422 g/mol. The maximum atomic E-state index is 13.0. The van der Waals surface area contributed by atoms with Gasteiger partial charge in [0.1, 0.15) is 11.8 Å². The molecule has 0 radical (unpaired) electrons. The lowest BCUT2D eigenvalue weighted by Crippen LogP contribution is -2.28. The van der Waals surface area contributed by atoms with Crippen LogP contribution in [-0.4, -0.2) is 32.3 Å². The first-order valence-corrected chi connectivity index (χ1v) is 11.1. The van der Waals surface area contributed by atoms with E-state index < -0.39 is 0 Å². The molecule has 1 N–H and O–H groups in total. The molecule has 8 heteroatoms. The maximum absolute atomic E-state index is 13.0. The number of thioether (sulfide) groups is 1. The second kappa shape index (κ2) is 7.53. The molecule has 1 aliphatic rings. The number of carbonyl (C=O) groups excluding carboxylic acids is 1. The van der Waals surface area contributed by atoms with E-state index in [4.69, 9.17) is 4.42 Å². The fraction of sp³-hybridized carbons (Fsp3) is 0.190. The van der Waals surface area contributed by atoms with Crippen LogP contribution in [0.5, 0.6) is 0 Å². The summed E-state index contributed by atoms with van der Waals surface area (Å²) in [5.41, 5.74) is 3.97. The summed E-state index contributed by atoms with van der Waals surface area (Å²) in [6.45, 7) is 2.04. The average Bonchev–Trinajstić information content (AvgIpc) is 3.51. The summed E-state index contributed by atoms with van der Waals surface area (Å²) >= 11 is 3.02. The number of nitrogens with zero attached hydrogens (tertiary/aromatic N) is 3. The largest absolute Gasteiger partial charge is 0.467 e. The first-order chi connectivity index (χ1) is 14.2. The molecular weight excluding hydrogens is 404 g/mol. The van der Waals surface area contributed by atoms with E-state index >= 15 is 0 Å². The molecule has 3 aromatic heterocycles. The molecule has 4 heterocycles. The normalized spacial score (nSPS) is 16.5. The minimum Gasteiger partial charge on any atom is -0.467 e. The molecule has 0 spiro atoms. The Morgan fingerprint density at radius 3 is 3.07 bits per heavy atom. The van der Waals surface area contributed by atoms with Crippen molar-refractivity contribution in [3.63, 3.8) is 0 Å². The molecule has 5 rings (SSSR count). The number of amides is 1. The highest BCUT2D eigenvalue weighted by atomic mass is 32.2. The van der Waals surface area contributed by atoms with Crippen LogP contribution in [0.1, 0.15) is 28.7 Å². The van der Waals surface area contributed by atoms with Crippen LogP contribution in [0.2, 0.25) is 0 Å². The van der Waals surface area contributed by atoms with Crippen molar-refractivity contribution in [1.29, 1.82) is 0 Å². The van der Waals surface area contributed by atoms with Crippen LogP contribution in [0.25, 0.3) is 11.0 Å². The molecule has 1 aromatic carbocycles. The van der Waals surface area contributed by atoms with E-state index in [1.165, 1.54) is 17.3 Å². The number of hydrazone groups is 1. The lowest BCUT2D eigenvalue weighted by atomic mass is 10.1. The second-order valence-electron chi connectivity index (χ2n) is 6.85. The first kappa shape index (κ1) is 18.2. The Kier molecular flexibility index (Phi) is 4.73. The molecule has 0 bridgehead atoms. The number of hydrogen-bond acceptors (Lipinski definition) is 6. The summed E-state index contributed by atoms with van der Waals surface area (Å²) < 4.78 is 5.59. The highest BCUT2D eigenvalue weighted by Gasteiger charge is 2.35. The van der Waals surface area contributed by atoms with Crippen molar-refractivity contribution in [2.45, 2.75) is 24.5 Å². The molecule has 0 saturated heterocycles. The quantitative estimate of drug-likeness (QED) is 0.460. The van der Waals surface area contributed by atoms with Gasteiger partial charge >= 0.3 is 0 Å². The number of benzene rings is 1. The van der Waals surface area contributed by atoms with Gasteiger partial charge in [0.05, 0.1) is 33.6 Å². The van der Waals surface area contributed by atoms with Crippen molar-refractivity contribution < 1.29 is 9.21 Å². The van der Waals surface area contributed by atoms with Crippen LogP contribution in [0, 0.1) is 6.92 Å². The number of imidazole rings is 1. The van der Waals surface area contributed by atoms with Gasteiger partial charge in [0.15, 0.2) is 5.16 Å². The smallest absolute Gasteiger partial charge is 0.253 e. The van der Waals surface area contributed by atoms with Crippen LogP contribution < -0.4 is 0 Å². The highest BCUT2D eigenvalue weighted by molar-refractivity contribution is 7.99. The number of fused-ring (bicyclic) bond motifs is 1. The van der Waals surface area contributed by atoms with Crippen molar-refractivity contribution in [2.24, 2.45) is 5.10 Å². The number of furan rings is 1. The minimum atomic E-state index is -0.214. The van der Waals surface area contributed by atoms with Gasteiger partial charge < -0.3 is 9.40 Å². The lowest BCUT2D eigenvalue weighted by molar-refractivity contribution is -0.130. The summed E-state index contributed by atoms with van der Waals surface area (Å²) in [5.74, 6) is 0.925. The van der Waals surface area contributed by atoms with Crippen molar-refractivity contribution in [3.05, 3.63) is 70.3 Å². The summed E-state index contributed by atoms with van der Waals surface area (Å²) in [6.07, 6.45) is 2.28. The maximum Gasteiger partial charge on any atom is 0.253 e. The van der Waals surface area contributed by atoms with Gasteiger partial charge in [-0.2, -0.15) is 5.10 Å². The Morgan fingerprint density at radius 2 is 2.28 bits per heavy atom. The zero-order valence-electron chi connectivity index (χ0n) is 15.7. The van der Waals surface area contributed by atoms with Gasteiger partial charge in [0, 0.05) is 6.42 Å². The molecule has 1 atom stereocenters. The number of H-pyrrole nitrogens is 1. The number of rotatable bonds is 5. The lowest BCUT2D eigenvalue weighted by Gasteiger charge is -2.19. The number of thiophene rings is 1. The Hall–Kier alpha value is -2.84. The molecule has 0 aliphatic carbocycles. The Bertz CT molecular complexity index is 1180. The summed E-state index contributed by atoms with van der Waals surface area (Å²) in [6, 6.07) is 13.6. The fourth-order valence-corrected chi connectivity index (χ4v) is 4.86. The zero-order chi connectivity index (χ0) is 19.8. The van der Waals surface area contributed by atoms with Crippen LogP contribution in [-0.2, 0) is 4.79 Å². The van der Waals surface area contributed by atoms with Gasteiger partial charge in [-0.05, 0) is 48.2 Å². The number of carbonyl (C=O) groups is 1. The Balaban J connectivity index is 1.35. The second-order valence-corrected chi connectivity index (χ2v) is 8.76. The van der Waals surface area contributed by atoms with E-state index in [0.717, 1.165) is 32.5 Å². The topological polar surface area (TPSA) is 74.5 Å². The molecule has 6 nitrogen and oxygen atoms in total. The molecule has 0 unspecified atom stereocenters. The van der Waals surface area contributed by atoms with Gasteiger partial charge in [-0.1, -0.05) is 23.9 Å². The van der Waals surface area contributed by atoms with Crippen molar-refractivity contribution in [3.8, 4) is 0 Å². The first-order valence-electron chi connectivity index (χ1n) is 9.23. The van der Waals surface area contributed by atoms with Crippen LogP contribution >= 0.6 is 23.1 Å². The number of hydrogen-bond donors (Lipinski definition) is 1. The number of aryl methyl sites for hydroxylation is 1. The molecule has 4 aromatic rings. The molecule has 0 saturated carbocycles. The Morgan fingerprint density at radius 1 is 1.34 bits per heavy atom. The molecule has 0 fully saturated rings. The SMILES string of the molecule is Cc1ccc2nc(SCC(=O)N3N=C(c4cccs4)C[C@H]3c3ccco3)[nH]c2c1. The van der Waals surface area contributed by atoms with Crippen LogP contribution in [0.15, 0.2) is 68.8 Å². The minimum absolute atomic E-state index is 0.0698. The standard InChI is InChI=1S/C21H18N4O2S2/c1-13-6-7-14-15(10-13)23-21(22-14)29-12-20(26)25-17(18-4-2-8-27-18)11-16(24-25)19-5-3-9-28-19/h2-10,17H,11-12H2,1H3,(H,22,23)/t17-/m0/s1. The van der Waals surface area contributed by atoms with Gasteiger partial charge in [0.2, 0.25) is 0 Å². The summed E-state index contributed by atoms with van der Waals surface area (Å²) in [4.78, 5) is 21.9. The zero-order valence-corrected chi connectivity index (χ0v) is 17.3. The summed E-state index contributed by atoms with van der Waals surface area (Å²) in [7, 11) is 0. The van der Waals surface area contributed by atoms with E-state index in [1.807, 2.05) is 48.7 Å². The van der Waals surface area contributed by atoms with Gasteiger partial charge in [-0.25, -0.2) is 9.99 Å². The fourth-order valence-electron chi connectivity index (χ4n) is 3.40. The van der Waals surface area contributed by atoms with Gasteiger partial charge in [0.25, 0.3) is 5.91 Å². The van der Waals surface area contributed by atoms with Crippen molar-refractivity contribution in [1.82, 2.24) is 15.0 Å². The van der Waals surface area contributed by atoms with E-state index in [9.17, 15) is 4.79 Å². The van der Waals surface area contributed by atoms with Gasteiger partial charge in [-0.3, -0.25) is 4.79 Å². The predicted octanol–water partition coefficient (Wildman–Crippen LogP) is 5.00.